The van der Waals surface area contributed by atoms with Crippen LogP contribution in [0.1, 0.15) is 6.42 Å². The Balaban J connectivity index is 1.62. The summed E-state index contributed by atoms with van der Waals surface area (Å²) in [5, 5.41) is 6.77. The molecule has 1 amide bonds. The van der Waals surface area contributed by atoms with Crippen molar-refractivity contribution in [1.82, 2.24) is 10.3 Å². The number of amides is 1. The Morgan fingerprint density at radius 3 is 3.21 bits per heavy atom. The largest absolute Gasteiger partial charge is 0.378 e. The summed E-state index contributed by atoms with van der Waals surface area (Å²) in [6.07, 6.45) is 0.413. The third-order valence-corrected chi connectivity index (χ3v) is 3.92. The Hall–Kier alpha value is -1.50. The Kier molecular flexibility index (Phi) is 3.72. The van der Waals surface area contributed by atoms with E-state index in [0.717, 1.165) is 23.4 Å². The molecule has 3 rings (SSSR count). The van der Waals surface area contributed by atoms with E-state index in [2.05, 4.69) is 15.6 Å². The molecule has 1 saturated heterocycles. The average Bonchev–Trinajstić information content (AvgIpc) is 2.81. The minimum atomic E-state index is -0.0259. The standard InChI is InChI=1S/C13H15N3O2S/c17-12(7-9-8-18-6-5-14-9)16-13-15-10-3-1-2-4-11(10)19-13/h1-4,9,14H,5-8H2,(H,15,16,17). The molecule has 0 spiro atoms. The number of para-hydroxylation sites is 1. The molecule has 1 atom stereocenters. The molecular formula is C13H15N3O2S. The SMILES string of the molecule is O=C(CC1COCCN1)Nc1nc2ccccc2s1. The van der Waals surface area contributed by atoms with Gasteiger partial charge in [-0.2, -0.15) is 0 Å². The quantitative estimate of drug-likeness (QED) is 0.895. The van der Waals surface area contributed by atoms with Gasteiger partial charge in [0.2, 0.25) is 5.91 Å². The number of carbonyl (C=O) groups excluding carboxylic acids is 1. The smallest absolute Gasteiger partial charge is 0.227 e. The number of fused-ring (bicyclic) bond motifs is 1. The number of morpholine rings is 1. The maximum Gasteiger partial charge on any atom is 0.227 e. The van der Waals surface area contributed by atoms with Crippen LogP contribution in [0.4, 0.5) is 5.13 Å². The van der Waals surface area contributed by atoms with Gasteiger partial charge in [-0.15, -0.1) is 0 Å². The first-order valence-corrected chi connectivity index (χ1v) is 7.09. The highest BCUT2D eigenvalue weighted by atomic mass is 32.1. The number of benzene rings is 1. The lowest BCUT2D eigenvalue weighted by Crippen LogP contribution is -2.43. The number of nitrogens with zero attached hydrogens (tertiary/aromatic N) is 1. The third kappa shape index (κ3) is 3.09. The number of anilines is 1. The van der Waals surface area contributed by atoms with Gasteiger partial charge in [-0.3, -0.25) is 4.79 Å². The van der Waals surface area contributed by atoms with Gasteiger partial charge in [0.15, 0.2) is 5.13 Å². The van der Waals surface area contributed by atoms with Gasteiger partial charge in [-0.1, -0.05) is 23.5 Å². The molecule has 2 N–H and O–H groups in total. The highest BCUT2D eigenvalue weighted by Gasteiger charge is 2.17. The van der Waals surface area contributed by atoms with Gasteiger partial charge in [0.05, 0.1) is 23.4 Å². The van der Waals surface area contributed by atoms with E-state index < -0.39 is 0 Å². The van der Waals surface area contributed by atoms with Crippen molar-refractivity contribution in [2.75, 3.05) is 25.1 Å². The average molecular weight is 277 g/mol. The van der Waals surface area contributed by atoms with E-state index in [1.54, 1.807) is 0 Å². The first kappa shape index (κ1) is 12.5. The molecule has 5 nitrogen and oxygen atoms in total. The summed E-state index contributed by atoms with van der Waals surface area (Å²) in [5.41, 5.74) is 0.918. The number of aromatic nitrogens is 1. The molecule has 1 unspecified atom stereocenters. The number of thiazole rings is 1. The summed E-state index contributed by atoms with van der Waals surface area (Å²) in [7, 11) is 0. The van der Waals surface area contributed by atoms with Gasteiger partial charge in [-0.25, -0.2) is 4.98 Å². The van der Waals surface area contributed by atoms with Crippen LogP contribution >= 0.6 is 11.3 Å². The number of rotatable bonds is 3. The molecule has 0 saturated carbocycles. The fraction of sp³-hybridized carbons (Fsp3) is 0.385. The lowest BCUT2D eigenvalue weighted by molar-refractivity contribution is -0.117. The van der Waals surface area contributed by atoms with E-state index >= 15 is 0 Å². The van der Waals surface area contributed by atoms with Gasteiger partial charge in [-0.05, 0) is 12.1 Å². The van der Waals surface area contributed by atoms with Crippen LogP contribution in [-0.4, -0.2) is 36.7 Å². The van der Waals surface area contributed by atoms with Crippen LogP contribution in [0, 0.1) is 0 Å². The summed E-state index contributed by atoms with van der Waals surface area (Å²) in [6.45, 7) is 2.11. The second-order valence-corrected chi connectivity index (χ2v) is 5.50. The van der Waals surface area contributed by atoms with E-state index in [1.165, 1.54) is 11.3 Å². The number of hydrogen-bond donors (Lipinski definition) is 2. The van der Waals surface area contributed by atoms with Gasteiger partial charge in [0.1, 0.15) is 0 Å². The van der Waals surface area contributed by atoms with Gasteiger partial charge >= 0.3 is 0 Å². The minimum Gasteiger partial charge on any atom is -0.378 e. The normalized spacial score (nSPS) is 19.5. The van der Waals surface area contributed by atoms with Crippen LogP contribution in [-0.2, 0) is 9.53 Å². The molecular weight excluding hydrogens is 262 g/mol. The predicted molar refractivity (Wildman–Crippen MR) is 75.5 cm³/mol. The highest BCUT2D eigenvalue weighted by molar-refractivity contribution is 7.22. The molecule has 1 aromatic carbocycles. The van der Waals surface area contributed by atoms with Crippen molar-refractivity contribution in [3.05, 3.63) is 24.3 Å². The zero-order valence-electron chi connectivity index (χ0n) is 10.4. The van der Waals surface area contributed by atoms with Crippen molar-refractivity contribution in [3.8, 4) is 0 Å². The molecule has 1 aromatic heterocycles. The zero-order chi connectivity index (χ0) is 13.1. The molecule has 1 aliphatic heterocycles. The van der Waals surface area contributed by atoms with Crippen LogP contribution < -0.4 is 10.6 Å². The van der Waals surface area contributed by atoms with E-state index in [4.69, 9.17) is 4.74 Å². The van der Waals surface area contributed by atoms with Crippen LogP contribution in [0.15, 0.2) is 24.3 Å². The Morgan fingerprint density at radius 1 is 1.53 bits per heavy atom. The minimum absolute atomic E-state index is 0.0259. The molecule has 100 valence electrons. The van der Waals surface area contributed by atoms with Crippen LogP contribution in [0.2, 0.25) is 0 Å². The van der Waals surface area contributed by atoms with E-state index in [0.29, 0.717) is 18.2 Å². The Bertz CT molecular complexity index is 545. The molecule has 0 aliphatic carbocycles. The Labute approximate surface area is 115 Å². The third-order valence-electron chi connectivity index (χ3n) is 2.97. The highest BCUT2D eigenvalue weighted by Crippen LogP contribution is 2.25. The molecule has 1 aliphatic rings. The molecule has 2 aromatic rings. The summed E-state index contributed by atoms with van der Waals surface area (Å²) in [6, 6.07) is 7.95. The second-order valence-electron chi connectivity index (χ2n) is 4.47. The fourth-order valence-corrected chi connectivity index (χ4v) is 2.95. The molecule has 6 heteroatoms. The lowest BCUT2D eigenvalue weighted by atomic mass is 10.2. The summed E-state index contributed by atoms with van der Waals surface area (Å²) in [4.78, 5) is 16.3. The van der Waals surface area contributed by atoms with Crippen molar-refractivity contribution in [3.63, 3.8) is 0 Å². The monoisotopic (exact) mass is 277 g/mol. The van der Waals surface area contributed by atoms with Crippen LogP contribution in [0.3, 0.4) is 0 Å². The first-order valence-electron chi connectivity index (χ1n) is 6.28. The van der Waals surface area contributed by atoms with E-state index in [1.807, 2.05) is 24.3 Å². The zero-order valence-corrected chi connectivity index (χ0v) is 11.2. The lowest BCUT2D eigenvalue weighted by Gasteiger charge is -2.22. The second kappa shape index (κ2) is 5.64. The van der Waals surface area contributed by atoms with Crippen molar-refractivity contribution in [2.45, 2.75) is 12.5 Å². The predicted octanol–water partition coefficient (Wildman–Crippen LogP) is 1.61. The van der Waals surface area contributed by atoms with Gasteiger partial charge in [0, 0.05) is 19.0 Å². The van der Waals surface area contributed by atoms with Crippen molar-refractivity contribution >= 4 is 32.6 Å². The van der Waals surface area contributed by atoms with Crippen molar-refractivity contribution in [1.29, 1.82) is 0 Å². The fourth-order valence-electron chi connectivity index (χ4n) is 2.07. The summed E-state index contributed by atoms with van der Waals surface area (Å²) < 4.78 is 6.41. The van der Waals surface area contributed by atoms with E-state index in [-0.39, 0.29) is 11.9 Å². The van der Waals surface area contributed by atoms with Crippen molar-refractivity contribution < 1.29 is 9.53 Å². The summed E-state index contributed by atoms with van der Waals surface area (Å²) >= 11 is 1.49. The summed E-state index contributed by atoms with van der Waals surface area (Å²) in [5.74, 6) is -0.0259. The topological polar surface area (TPSA) is 63.2 Å². The van der Waals surface area contributed by atoms with Gasteiger partial charge in [0.25, 0.3) is 0 Å². The molecule has 19 heavy (non-hydrogen) atoms. The van der Waals surface area contributed by atoms with Crippen LogP contribution in [0.5, 0.6) is 0 Å². The first-order chi connectivity index (χ1) is 9.31. The number of ether oxygens (including phenoxy) is 1. The number of nitrogens with one attached hydrogen (secondary N) is 2. The van der Waals surface area contributed by atoms with Crippen molar-refractivity contribution in [2.24, 2.45) is 0 Å². The maximum absolute atomic E-state index is 11.9. The molecule has 1 fully saturated rings. The number of hydrogen-bond acceptors (Lipinski definition) is 5. The Morgan fingerprint density at radius 2 is 2.42 bits per heavy atom. The number of carbonyl (C=O) groups is 1. The van der Waals surface area contributed by atoms with Gasteiger partial charge < -0.3 is 15.4 Å². The van der Waals surface area contributed by atoms with Crippen LogP contribution in [0.25, 0.3) is 10.2 Å². The molecule has 0 bridgehead atoms. The molecule has 2 heterocycles. The molecule has 0 radical (unpaired) electrons. The maximum atomic E-state index is 11.9. The van der Waals surface area contributed by atoms with E-state index in [9.17, 15) is 4.79 Å².